The van der Waals surface area contributed by atoms with E-state index in [1.165, 1.54) is 54.6 Å². The van der Waals surface area contributed by atoms with Gasteiger partial charge in [-0.05, 0) is 56.0 Å². The van der Waals surface area contributed by atoms with Gasteiger partial charge in [0.25, 0.3) is 0 Å². The van der Waals surface area contributed by atoms with Crippen molar-refractivity contribution in [3.63, 3.8) is 0 Å². The summed E-state index contributed by atoms with van der Waals surface area (Å²) in [5.41, 5.74) is 3.17. The van der Waals surface area contributed by atoms with Crippen LogP contribution in [-0.4, -0.2) is 40.2 Å². The van der Waals surface area contributed by atoms with Crippen molar-refractivity contribution in [1.29, 1.82) is 0 Å². The molecule has 2 aromatic heterocycles. The minimum Gasteiger partial charge on any atom is -0.478 e. The molecule has 1 aliphatic rings. The second kappa shape index (κ2) is 10.7. The summed E-state index contributed by atoms with van der Waals surface area (Å²) in [6.45, 7) is 4.06. The number of piperidine rings is 1. The fourth-order valence-electron chi connectivity index (χ4n) is 3.56. The Morgan fingerprint density at radius 3 is 2.64 bits per heavy atom. The van der Waals surface area contributed by atoms with E-state index >= 15 is 0 Å². The molecule has 1 saturated heterocycles. The summed E-state index contributed by atoms with van der Waals surface area (Å²) in [4.78, 5) is 35.3. The summed E-state index contributed by atoms with van der Waals surface area (Å²) in [6.07, 6.45) is 6.65. The van der Waals surface area contributed by atoms with E-state index in [1.54, 1.807) is 12.3 Å². The summed E-state index contributed by atoms with van der Waals surface area (Å²) in [5, 5.41) is 16.0. The molecule has 3 N–H and O–H groups in total. The molecule has 2 amide bonds. The molecule has 0 bridgehead atoms. The second-order valence-corrected chi connectivity index (χ2v) is 9.87. The number of amides is 2. The number of pyridine rings is 1. The first-order valence-electron chi connectivity index (χ1n) is 10.7. The maximum Gasteiger partial charge on any atom is 0.337 e. The molecular formula is C23H25N5O3S2. The van der Waals surface area contributed by atoms with Crippen LogP contribution in [0.15, 0.2) is 47.8 Å². The van der Waals surface area contributed by atoms with Crippen LogP contribution in [0, 0.1) is 6.92 Å². The smallest absolute Gasteiger partial charge is 0.337 e. The minimum atomic E-state index is -0.996. The second-order valence-electron chi connectivity index (χ2n) is 7.76. The van der Waals surface area contributed by atoms with Gasteiger partial charge in [-0.15, -0.1) is 23.1 Å². The largest absolute Gasteiger partial charge is 0.478 e. The van der Waals surface area contributed by atoms with Gasteiger partial charge in [0.1, 0.15) is 0 Å². The zero-order valence-electron chi connectivity index (χ0n) is 18.2. The molecule has 4 rings (SSSR count). The Morgan fingerprint density at radius 1 is 1.09 bits per heavy atom. The number of thiazole rings is 1. The van der Waals surface area contributed by atoms with Crippen LogP contribution in [-0.2, 0) is 5.75 Å². The third-order valence-electron chi connectivity index (χ3n) is 5.22. The normalized spacial score (nSPS) is 13.5. The van der Waals surface area contributed by atoms with Crippen LogP contribution in [0.4, 0.5) is 21.3 Å². The number of hydrogen-bond donors (Lipinski definition) is 3. The molecule has 1 aromatic carbocycles. The van der Waals surface area contributed by atoms with Crippen molar-refractivity contribution in [2.45, 2.75) is 37.0 Å². The maximum absolute atomic E-state index is 12.6. The number of benzene rings is 1. The van der Waals surface area contributed by atoms with E-state index < -0.39 is 5.97 Å². The molecular weight excluding hydrogens is 458 g/mol. The number of hydrogen-bond acceptors (Lipinski definition) is 7. The van der Waals surface area contributed by atoms with E-state index in [2.05, 4.69) is 38.5 Å². The summed E-state index contributed by atoms with van der Waals surface area (Å²) < 4.78 is 0. The molecule has 8 nitrogen and oxygen atoms in total. The Kier molecular flexibility index (Phi) is 7.46. The fourth-order valence-corrected chi connectivity index (χ4v) is 5.24. The predicted molar refractivity (Wildman–Crippen MR) is 133 cm³/mol. The number of rotatable bonds is 7. The lowest BCUT2D eigenvalue weighted by atomic mass is 10.1. The summed E-state index contributed by atoms with van der Waals surface area (Å²) in [7, 11) is 0. The number of thioether (sulfide) groups is 1. The number of aryl methyl sites for hydroxylation is 1. The molecule has 0 unspecified atom stereocenters. The number of carbonyl (C=O) groups excluding carboxylic acids is 1. The molecule has 0 saturated carbocycles. The lowest BCUT2D eigenvalue weighted by Crippen LogP contribution is -2.31. The molecule has 0 radical (unpaired) electrons. The first kappa shape index (κ1) is 23.1. The molecule has 3 heterocycles. The van der Waals surface area contributed by atoms with Gasteiger partial charge in [-0.3, -0.25) is 5.32 Å². The summed E-state index contributed by atoms with van der Waals surface area (Å²) in [6, 6.07) is 8.96. The molecule has 33 heavy (non-hydrogen) atoms. The van der Waals surface area contributed by atoms with Crippen molar-refractivity contribution in [3.05, 3.63) is 58.7 Å². The van der Waals surface area contributed by atoms with Gasteiger partial charge < -0.3 is 15.3 Å². The van der Waals surface area contributed by atoms with Crippen molar-refractivity contribution in [2.75, 3.05) is 28.6 Å². The molecule has 172 valence electrons. The molecule has 1 aliphatic heterocycles. The molecule has 10 heteroatoms. The van der Waals surface area contributed by atoms with Crippen LogP contribution < -0.4 is 15.5 Å². The quantitative estimate of drug-likeness (QED) is 0.382. The zero-order chi connectivity index (χ0) is 23.2. The molecule has 0 spiro atoms. The number of nitrogens with one attached hydrogen (secondary N) is 2. The molecule has 1 fully saturated rings. The number of nitrogens with zero attached hydrogens (tertiary/aromatic N) is 3. The number of anilines is 3. The van der Waals surface area contributed by atoms with Gasteiger partial charge in [0, 0.05) is 36.1 Å². The Hall–Kier alpha value is -3.11. The number of carboxylic acids is 1. The predicted octanol–water partition coefficient (Wildman–Crippen LogP) is 5.47. The average molecular weight is 484 g/mol. The lowest BCUT2D eigenvalue weighted by Gasteiger charge is -2.30. The number of carbonyl (C=O) groups is 2. The van der Waals surface area contributed by atoms with E-state index in [4.69, 9.17) is 5.11 Å². The topological polar surface area (TPSA) is 107 Å². The zero-order valence-corrected chi connectivity index (χ0v) is 19.8. The van der Waals surface area contributed by atoms with Gasteiger partial charge in [0.05, 0.1) is 22.0 Å². The average Bonchev–Trinajstić information content (AvgIpc) is 3.26. The highest BCUT2D eigenvalue weighted by Crippen LogP contribution is 2.30. The SMILES string of the molecule is Cc1ccc(NC(=O)Nc2ncc(CSc3ccc(C(=O)O)cn3)s2)c(N2CCCCC2)c1. The Labute approximate surface area is 200 Å². The number of aromatic nitrogens is 2. The van der Waals surface area contributed by atoms with E-state index in [0.717, 1.165) is 39.9 Å². The standard InChI is InChI=1S/C23H25N5O3S2/c1-15-5-7-18(19(11-15)28-9-3-2-4-10-28)26-22(31)27-23-25-13-17(33-23)14-32-20-8-6-16(12-24-20)21(29)30/h5-8,11-13H,2-4,9-10,14H2,1H3,(H,29,30)(H2,25,26,27,31). The van der Waals surface area contributed by atoms with Gasteiger partial charge in [0.15, 0.2) is 5.13 Å². The first-order chi connectivity index (χ1) is 16.0. The molecule has 0 atom stereocenters. The lowest BCUT2D eigenvalue weighted by molar-refractivity contribution is 0.0696. The summed E-state index contributed by atoms with van der Waals surface area (Å²) >= 11 is 2.88. The maximum atomic E-state index is 12.6. The van der Waals surface area contributed by atoms with Crippen molar-refractivity contribution >= 4 is 51.6 Å². The van der Waals surface area contributed by atoms with E-state index in [1.807, 2.05) is 12.1 Å². The van der Waals surface area contributed by atoms with E-state index in [9.17, 15) is 9.59 Å². The Morgan fingerprint density at radius 2 is 1.91 bits per heavy atom. The third kappa shape index (κ3) is 6.23. The number of urea groups is 1. The van der Waals surface area contributed by atoms with Crippen molar-refractivity contribution in [3.8, 4) is 0 Å². The van der Waals surface area contributed by atoms with Gasteiger partial charge in [-0.1, -0.05) is 6.07 Å². The van der Waals surface area contributed by atoms with Crippen LogP contribution in [0.3, 0.4) is 0 Å². The van der Waals surface area contributed by atoms with Crippen LogP contribution in [0.25, 0.3) is 0 Å². The highest BCUT2D eigenvalue weighted by Gasteiger charge is 2.17. The van der Waals surface area contributed by atoms with Crippen LogP contribution in [0.1, 0.15) is 40.1 Å². The summed E-state index contributed by atoms with van der Waals surface area (Å²) in [5.74, 6) is -0.374. The minimum absolute atomic E-state index is 0.159. The van der Waals surface area contributed by atoms with E-state index in [0.29, 0.717) is 10.9 Å². The van der Waals surface area contributed by atoms with Gasteiger partial charge in [-0.25, -0.2) is 19.6 Å². The fraction of sp³-hybridized carbons (Fsp3) is 0.304. The molecule has 3 aromatic rings. The van der Waals surface area contributed by atoms with Crippen LogP contribution in [0.5, 0.6) is 0 Å². The van der Waals surface area contributed by atoms with Gasteiger partial charge >= 0.3 is 12.0 Å². The van der Waals surface area contributed by atoms with Gasteiger partial charge in [-0.2, -0.15) is 0 Å². The highest BCUT2D eigenvalue weighted by molar-refractivity contribution is 7.98. The Balaban J connectivity index is 1.34. The van der Waals surface area contributed by atoms with E-state index in [-0.39, 0.29) is 11.6 Å². The van der Waals surface area contributed by atoms with Crippen molar-refractivity contribution in [1.82, 2.24) is 9.97 Å². The number of aromatic carboxylic acids is 1. The Bertz CT molecular complexity index is 1130. The van der Waals surface area contributed by atoms with Crippen LogP contribution in [0.2, 0.25) is 0 Å². The van der Waals surface area contributed by atoms with Crippen molar-refractivity contribution < 1.29 is 14.7 Å². The highest BCUT2D eigenvalue weighted by atomic mass is 32.2. The van der Waals surface area contributed by atoms with Crippen LogP contribution >= 0.6 is 23.1 Å². The first-order valence-corrected chi connectivity index (χ1v) is 12.5. The molecule has 0 aliphatic carbocycles. The van der Waals surface area contributed by atoms with Crippen molar-refractivity contribution in [2.24, 2.45) is 0 Å². The monoisotopic (exact) mass is 483 g/mol. The third-order valence-corrected chi connectivity index (χ3v) is 7.31. The number of carboxylic acid groups (broad SMARTS) is 1. The van der Waals surface area contributed by atoms with Gasteiger partial charge in [0.2, 0.25) is 0 Å².